The topological polar surface area (TPSA) is 29.9 Å². The van der Waals surface area contributed by atoms with Crippen LogP contribution in [-0.4, -0.2) is 6.54 Å². The minimum absolute atomic E-state index is 0.118. The zero-order valence-electron chi connectivity index (χ0n) is 15.5. The molecule has 3 rings (SSSR count). The normalized spacial score (nSPS) is 11.6. The van der Waals surface area contributed by atoms with Gasteiger partial charge in [0, 0.05) is 35.4 Å². The molecule has 1 aromatic heterocycles. The summed E-state index contributed by atoms with van der Waals surface area (Å²) in [6, 6.07) is 11.8. The fourth-order valence-corrected chi connectivity index (χ4v) is 2.89. The summed E-state index contributed by atoms with van der Waals surface area (Å²) in [5.41, 5.74) is 7.34. The van der Waals surface area contributed by atoms with Crippen molar-refractivity contribution in [3.8, 4) is 0 Å². The van der Waals surface area contributed by atoms with Gasteiger partial charge in [0.1, 0.15) is 23.3 Å². The fourth-order valence-electron chi connectivity index (χ4n) is 2.89. The minimum Gasteiger partial charge on any atom is -0.325 e. The molecule has 0 aliphatic carbocycles. The smallest absolute Gasteiger partial charge is 0.205 e. The van der Waals surface area contributed by atoms with Gasteiger partial charge in [-0.15, -0.1) is 0 Å². The van der Waals surface area contributed by atoms with Gasteiger partial charge in [-0.2, -0.15) is 4.57 Å². The van der Waals surface area contributed by atoms with Gasteiger partial charge in [0.25, 0.3) is 0 Å². The van der Waals surface area contributed by atoms with Crippen molar-refractivity contribution in [1.82, 2.24) is 0 Å². The highest BCUT2D eigenvalue weighted by Gasteiger charge is 2.13. The lowest BCUT2D eigenvalue weighted by Crippen LogP contribution is -2.43. The number of pyridine rings is 1. The standard InChI is InChI=1S/C23H19F4N2/c24-18-6-10-22(26)16(14-18)4-8-20-2-1-3-21(29(20)13-12-28)9-5-17-15-19(25)7-11-23(17)27/h1-11,14-15H,12-13,28H2/q+1/b8-4+,9-5+. The summed E-state index contributed by atoms with van der Waals surface area (Å²) >= 11 is 0. The average molecular weight is 399 g/mol. The molecule has 2 N–H and O–H groups in total. The first kappa shape index (κ1) is 20.5. The molecular weight excluding hydrogens is 380 g/mol. The predicted molar refractivity (Wildman–Crippen MR) is 106 cm³/mol. The maximum atomic E-state index is 13.9. The van der Waals surface area contributed by atoms with E-state index in [1.165, 1.54) is 12.2 Å². The lowest BCUT2D eigenvalue weighted by molar-refractivity contribution is -0.697. The number of halogens is 4. The summed E-state index contributed by atoms with van der Waals surface area (Å²) in [4.78, 5) is 0. The second-order valence-electron chi connectivity index (χ2n) is 6.31. The van der Waals surface area contributed by atoms with Gasteiger partial charge >= 0.3 is 0 Å². The highest BCUT2D eigenvalue weighted by molar-refractivity contribution is 5.69. The third-order valence-electron chi connectivity index (χ3n) is 4.29. The number of benzene rings is 2. The summed E-state index contributed by atoms with van der Waals surface area (Å²) < 4.78 is 56.3. The van der Waals surface area contributed by atoms with Crippen LogP contribution in [0.15, 0.2) is 54.6 Å². The van der Waals surface area contributed by atoms with E-state index < -0.39 is 23.3 Å². The highest BCUT2D eigenvalue weighted by atomic mass is 19.1. The van der Waals surface area contributed by atoms with Crippen LogP contribution < -0.4 is 10.3 Å². The molecule has 1 heterocycles. The minimum atomic E-state index is -0.536. The van der Waals surface area contributed by atoms with Gasteiger partial charge in [0.2, 0.25) is 11.4 Å². The molecule has 0 radical (unpaired) electrons. The summed E-state index contributed by atoms with van der Waals surface area (Å²) in [5, 5.41) is 0. The molecule has 2 aromatic carbocycles. The Labute approximate surface area is 166 Å². The van der Waals surface area contributed by atoms with E-state index in [4.69, 9.17) is 5.73 Å². The molecule has 29 heavy (non-hydrogen) atoms. The van der Waals surface area contributed by atoms with Gasteiger partial charge < -0.3 is 5.73 Å². The number of nitrogens with zero attached hydrogens (tertiary/aromatic N) is 1. The molecule has 0 saturated carbocycles. The molecule has 0 saturated heterocycles. The Morgan fingerprint density at radius 2 is 1.17 bits per heavy atom. The van der Waals surface area contributed by atoms with Crippen molar-refractivity contribution in [3.63, 3.8) is 0 Å². The maximum Gasteiger partial charge on any atom is 0.205 e. The Bertz CT molecular complexity index is 995. The molecule has 6 heteroatoms. The molecule has 0 unspecified atom stereocenters. The molecular formula is C23H19F4N2+. The van der Waals surface area contributed by atoms with Crippen molar-refractivity contribution in [2.75, 3.05) is 6.54 Å². The Kier molecular flexibility index (Phi) is 6.57. The van der Waals surface area contributed by atoms with Crippen LogP contribution in [0.2, 0.25) is 0 Å². The summed E-state index contributed by atoms with van der Waals surface area (Å²) in [6.45, 7) is 0.774. The van der Waals surface area contributed by atoms with E-state index in [0.717, 1.165) is 36.4 Å². The van der Waals surface area contributed by atoms with Crippen LogP contribution in [0.4, 0.5) is 17.6 Å². The van der Waals surface area contributed by atoms with Crippen molar-refractivity contribution in [1.29, 1.82) is 0 Å². The monoisotopic (exact) mass is 399 g/mol. The van der Waals surface area contributed by atoms with E-state index >= 15 is 0 Å². The molecule has 0 aliphatic rings. The summed E-state index contributed by atoms with van der Waals surface area (Å²) in [5.74, 6) is -2.14. The lowest BCUT2D eigenvalue weighted by atomic mass is 10.1. The second kappa shape index (κ2) is 9.30. The van der Waals surface area contributed by atoms with E-state index in [1.54, 1.807) is 30.4 Å². The molecule has 3 aromatic rings. The molecule has 0 fully saturated rings. The number of nitrogens with two attached hydrogens (primary N) is 1. The van der Waals surface area contributed by atoms with Crippen molar-refractivity contribution >= 4 is 24.3 Å². The van der Waals surface area contributed by atoms with Gasteiger partial charge in [-0.25, -0.2) is 17.6 Å². The SMILES string of the molecule is NCC[n+]1c(/C=C/c2cc(F)ccc2F)cccc1/C=C/c1cc(F)ccc1F. The van der Waals surface area contributed by atoms with Crippen molar-refractivity contribution < 1.29 is 22.1 Å². The first-order valence-electron chi connectivity index (χ1n) is 8.97. The van der Waals surface area contributed by atoms with E-state index in [2.05, 4.69) is 0 Å². The van der Waals surface area contributed by atoms with Crippen molar-refractivity contribution in [2.24, 2.45) is 5.73 Å². The molecule has 2 nitrogen and oxygen atoms in total. The van der Waals surface area contributed by atoms with Gasteiger partial charge in [-0.3, -0.25) is 0 Å². The molecule has 0 spiro atoms. The lowest BCUT2D eigenvalue weighted by Gasteiger charge is -2.04. The first-order valence-corrected chi connectivity index (χ1v) is 8.97. The molecule has 148 valence electrons. The molecule has 0 bridgehead atoms. The Hall–Kier alpha value is -3.25. The second-order valence-corrected chi connectivity index (χ2v) is 6.31. The highest BCUT2D eigenvalue weighted by Crippen LogP contribution is 2.15. The molecule has 0 atom stereocenters. The van der Waals surface area contributed by atoms with Gasteiger partial charge in [-0.1, -0.05) is 0 Å². The van der Waals surface area contributed by atoms with E-state index in [0.29, 0.717) is 24.5 Å². The largest absolute Gasteiger partial charge is 0.325 e. The summed E-state index contributed by atoms with van der Waals surface area (Å²) in [7, 11) is 0. The summed E-state index contributed by atoms with van der Waals surface area (Å²) in [6.07, 6.45) is 6.24. The third-order valence-corrected chi connectivity index (χ3v) is 4.29. The number of rotatable bonds is 6. The third kappa shape index (κ3) is 5.18. The van der Waals surface area contributed by atoms with Crippen LogP contribution in [0.25, 0.3) is 24.3 Å². The van der Waals surface area contributed by atoms with Crippen LogP contribution in [0, 0.1) is 23.3 Å². The quantitative estimate of drug-likeness (QED) is 0.467. The molecule has 0 amide bonds. The van der Waals surface area contributed by atoms with Gasteiger partial charge in [0.05, 0.1) is 6.54 Å². The van der Waals surface area contributed by atoms with E-state index in [1.807, 2.05) is 4.57 Å². The first-order chi connectivity index (χ1) is 14.0. The maximum absolute atomic E-state index is 13.9. The van der Waals surface area contributed by atoms with Crippen LogP contribution in [-0.2, 0) is 6.54 Å². The van der Waals surface area contributed by atoms with Gasteiger partial charge in [0.15, 0.2) is 6.54 Å². The van der Waals surface area contributed by atoms with Crippen LogP contribution in [0.5, 0.6) is 0 Å². The Balaban J connectivity index is 1.97. The number of hydrogen-bond donors (Lipinski definition) is 1. The van der Waals surface area contributed by atoms with Crippen LogP contribution >= 0.6 is 0 Å². The number of aromatic nitrogens is 1. The Morgan fingerprint density at radius 1 is 0.690 bits per heavy atom. The van der Waals surface area contributed by atoms with Crippen LogP contribution in [0.3, 0.4) is 0 Å². The molecule has 0 aliphatic heterocycles. The fraction of sp³-hybridized carbons (Fsp3) is 0.0870. The van der Waals surface area contributed by atoms with Crippen molar-refractivity contribution in [3.05, 3.63) is 100 Å². The van der Waals surface area contributed by atoms with E-state index in [-0.39, 0.29) is 11.1 Å². The zero-order valence-corrected chi connectivity index (χ0v) is 15.5. The zero-order chi connectivity index (χ0) is 20.8. The predicted octanol–water partition coefficient (Wildman–Crippen LogP) is 4.83. The average Bonchev–Trinajstić information content (AvgIpc) is 2.70. The van der Waals surface area contributed by atoms with Gasteiger partial charge in [-0.05, 0) is 54.6 Å². The number of hydrogen-bond acceptors (Lipinski definition) is 1. The Morgan fingerprint density at radius 3 is 1.62 bits per heavy atom. The van der Waals surface area contributed by atoms with E-state index in [9.17, 15) is 17.6 Å². The van der Waals surface area contributed by atoms with Crippen molar-refractivity contribution in [2.45, 2.75) is 6.54 Å². The van der Waals surface area contributed by atoms with Crippen LogP contribution in [0.1, 0.15) is 22.5 Å².